The Morgan fingerprint density at radius 3 is 2.37 bits per heavy atom. The monoisotopic (exact) mass is 475 g/mol. The van der Waals surface area contributed by atoms with Gasteiger partial charge in [0, 0.05) is 37.2 Å². The predicted octanol–water partition coefficient (Wildman–Crippen LogP) is 5.95. The summed E-state index contributed by atoms with van der Waals surface area (Å²) in [5.74, 6) is -0.0693. The second kappa shape index (κ2) is 13.7. The van der Waals surface area contributed by atoms with Crippen LogP contribution in [0.2, 0.25) is 0 Å². The van der Waals surface area contributed by atoms with Crippen molar-refractivity contribution >= 4 is 22.7 Å². The van der Waals surface area contributed by atoms with Gasteiger partial charge >= 0.3 is 0 Å². The van der Waals surface area contributed by atoms with Gasteiger partial charge in [-0.15, -0.1) is 0 Å². The molecular weight excluding hydrogens is 434 g/mol. The zero-order valence-corrected chi connectivity index (χ0v) is 21.6. The first-order valence-electron chi connectivity index (χ1n) is 13.2. The lowest BCUT2D eigenvalue weighted by molar-refractivity contribution is -0.135. The van der Waals surface area contributed by atoms with Crippen molar-refractivity contribution in [2.75, 3.05) is 13.6 Å². The summed E-state index contributed by atoms with van der Waals surface area (Å²) in [6.07, 6.45) is 9.39. The smallest absolute Gasteiger partial charge is 0.244 e. The Hall–Kier alpha value is -3.08. The molecule has 0 radical (unpaired) electrons. The van der Waals surface area contributed by atoms with Gasteiger partial charge in [-0.25, -0.2) is 0 Å². The molecular formula is C30H41N3O2. The fourth-order valence-electron chi connectivity index (χ4n) is 4.60. The molecule has 5 nitrogen and oxygen atoms in total. The molecule has 0 aliphatic heterocycles. The van der Waals surface area contributed by atoms with E-state index < -0.39 is 6.04 Å². The summed E-state index contributed by atoms with van der Waals surface area (Å²) in [6, 6.07) is 18.1. The van der Waals surface area contributed by atoms with Gasteiger partial charge in [0.05, 0.1) is 6.42 Å². The van der Waals surface area contributed by atoms with Gasteiger partial charge in [0.15, 0.2) is 0 Å². The maximum absolute atomic E-state index is 13.2. The van der Waals surface area contributed by atoms with Crippen LogP contribution in [0, 0.1) is 0 Å². The standard InChI is InChI=1S/C30H41N3O2/c1-4-6-8-12-18-27(30(35)32(3)20-7-5-2)31-29(34)21-25-23-33(22-24-15-10-9-11-16-24)28-19-14-13-17-26(25)28/h9-11,13-17,19,23,27H,4-8,12,18,20-22H2,1-3H3,(H,31,34). The van der Waals surface area contributed by atoms with Crippen molar-refractivity contribution in [3.05, 3.63) is 71.9 Å². The lowest BCUT2D eigenvalue weighted by Crippen LogP contribution is -2.48. The highest BCUT2D eigenvalue weighted by Crippen LogP contribution is 2.23. The van der Waals surface area contributed by atoms with Gasteiger partial charge in [0.2, 0.25) is 11.8 Å². The summed E-state index contributed by atoms with van der Waals surface area (Å²) in [5.41, 5.74) is 3.33. The molecule has 3 rings (SSSR count). The fraction of sp³-hybridized carbons (Fsp3) is 0.467. The van der Waals surface area contributed by atoms with E-state index in [0.29, 0.717) is 6.42 Å². The Morgan fingerprint density at radius 2 is 1.63 bits per heavy atom. The Balaban J connectivity index is 1.73. The number of aromatic nitrogens is 1. The van der Waals surface area contributed by atoms with Crippen LogP contribution in [0.25, 0.3) is 10.9 Å². The van der Waals surface area contributed by atoms with E-state index >= 15 is 0 Å². The van der Waals surface area contributed by atoms with Gasteiger partial charge in [-0.1, -0.05) is 94.5 Å². The number of hydrogen-bond donors (Lipinski definition) is 1. The molecule has 2 amide bonds. The maximum Gasteiger partial charge on any atom is 0.244 e. The van der Waals surface area contributed by atoms with Crippen LogP contribution in [-0.4, -0.2) is 40.9 Å². The summed E-state index contributed by atoms with van der Waals surface area (Å²) < 4.78 is 2.21. The van der Waals surface area contributed by atoms with Gasteiger partial charge in [-0.05, 0) is 30.0 Å². The van der Waals surface area contributed by atoms with Crippen molar-refractivity contribution in [2.24, 2.45) is 0 Å². The third kappa shape index (κ3) is 7.71. The Labute approximate surface area is 210 Å². The van der Waals surface area contributed by atoms with Crippen LogP contribution in [0.5, 0.6) is 0 Å². The molecule has 0 spiro atoms. The van der Waals surface area contributed by atoms with E-state index in [1.165, 1.54) is 5.56 Å². The summed E-state index contributed by atoms with van der Waals surface area (Å²) in [4.78, 5) is 28.1. The summed E-state index contributed by atoms with van der Waals surface area (Å²) in [6.45, 7) is 5.78. The average molecular weight is 476 g/mol. The molecule has 0 bridgehead atoms. The fourth-order valence-corrected chi connectivity index (χ4v) is 4.60. The highest BCUT2D eigenvalue weighted by molar-refractivity contribution is 5.92. The van der Waals surface area contributed by atoms with Crippen molar-refractivity contribution in [1.82, 2.24) is 14.8 Å². The summed E-state index contributed by atoms with van der Waals surface area (Å²) >= 11 is 0. The van der Waals surface area contributed by atoms with E-state index in [2.05, 4.69) is 54.2 Å². The van der Waals surface area contributed by atoms with Crippen LogP contribution in [0.15, 0.2) is 60.8 Å². The molecule has 2 aromatic carbocycles. The van der Waals surface area contributed by atoms with Crippen molar-refractivity contribution in [2.45, 2.75) is 77.8 Å². The van der Waals surface area contributed by atoms with Gasteiger partial charge in [-0.2, -0.15) is 0 Å². The predicted molar refractivity (Wildman–Crippen MR) is 144 cm³/mol. The minimum atomic E-state index is -0.459. The number of carbonyl (C=O) groups excluding carboxylic acids is 2. The average Bonchev–Trinajstić information content (AvgIpc) is 3.21. The number of benzene rings is 2. The quantitative estimate of drug-likeness (QED) is 0.293. The first-order chi connectivity index (χ1) is 17.0. The van der Waals surface area contributed by atoms with Crippen molar-refractivity contribution in [3.8, 4) is 0 Å². The van der Waals surface area contributed by atoms with Gasteiger partial charge in [-0.3, -0.25) is 9.59 Å². The Morgan fingerprint density at radius 1 is 0.914 bits per heavy atom. The van der Waals surface area contributed by atoms with Gasteiger partial charge < -0.3 is 14.8 Å². The summed E-state index contributed by atoms with van der Waals surface area (Å²) in [5, 5.41) is 4.17. The Bertz CT molecular complexity index is 1070. The molecule has 0 aliphatic carbocycles. The number of amides is 2. The van der Waals surface area contributed by atoms with Crippen molar-refractivity contribution in [1.29, 1.82) is 0 Å². The topological polar surface area (TPSA) is 54.3 Å². The molecule has 3 aromatic rings. The van der Waals surface area contributed by atoms with Crippen LogP contribution in [-0.2, 0) is 22.6 Å². The molecule has 35 heavy (non-hydrogen) atoms. The lowest BCUT2D eigenvalue weighted by atomic mass is 10.0. The first-order valence-corrected chi connectivity index (χ1v) is 13.2. The third-order valence-electron chi connectivity index (χ3n) is 6.62. The van der Waals surface area contributed by atoms with E-state index in [1.54, 1.807) is 4.90 Å². The zero-order chi connectivity index (χ0) is 25.0. The number of nitrogens with one attached hydrogen (secondary N) is 1. The molecule has 0 aliphatic rings. The molecule has 188 valence electrons. The number of hydrogen-bond acceptors (Lipinski definition) is 2. The third-order valence-corrected chi connectivity index (χ3v) is 6.62. The number of likely N-dealkylation sites (N-methyl/N-ethyl adjacent to an activating group) is 1. The maximum atomic E-state index is 13.2. The molecule has 0 saturated carbocycles. The summed E-state index contributed by atoms with van der Waals surface area (Å²) in [7, 11) is 1.85. The molecule has 1 unspecified atom stereocenters. The normalized spacial score (nSPS) is 12.0. The SMILES string of the molecule is CCCCCCC(NC(=O)Cc1cn(Cc2ccccc2)c2ccccc12)C(=O)N(C)CCCC. The number of rotatable bonds is 14. The van der Waals surface area contributed by atoms with Crippen LogP contribution in [0.3, 0.4) is 0 Å². The molecule has 1 heterocycles. The van der Waals surface area contributed by atoms with Crippen LogP contribution >= 0.6 is 0 Å². The molecule has 1 N–H and O–H groups in total. The lowest BCUT2D eigenvalue weighted by Gasteiger charge is -2.24. The first kappa shape index (κ1) is 26.5. The minimum Gasteiger partial charge on any atom is -0.344 e. The second-order valence-corrected chi connectivity index (χ2v) is 9.54. The molecule has 5 heteroatoms. The Kier molecular flexibility index (Phi) is 10.4. The second-order valence-electron chi connectivity index (χ2n) is 9.54. The van der Waals surface area contributed by atoms with Crippen molar-refractivity contribution in [3.63, 3.8) is 0 Å². The number of para-hydroxylation sites is 1. The van der Waals surface area contributed by atoms with Crippen molar-refractivity contribution < 1.29 is 9.59 Å². The van der Waals surface area contributed by atoms with Crippen LogP contribution in [0.4, 0.5) is 0 Å². The molecule has 1 aromatic heterocycles. The van der Waals surface area contributed by atoms with Crippen LogP contribution in [0.1, 0.15) is 69.9 Å². The van der Waals surface area contributed by atoms with E-state index in [-0.39, 0.29) is 18.2 Å². The molecule has 1 atom stereocenters. The van der Waals surface area contributed by atoms with Gasteiger partial charge in [0.1, 0.15) is 6.04 Å². The largest absolute Gasteiger partial charge is 0.344 e. The van der Waals surface area contributed by atoms with E-state index in [1.807, 2.05) is 37.4 Å². The van der Waals surface area contributed by atoms with Gasteiger partial charge in [0.25, 0.3) is 0 Å². The molecule has 0 fully saturated rings. The number of unbranched alkanes of at least 4 members (excludes halogenated alkanes) is 4. The molecule has 0 saturated heterocycles. The number of fused-ring (bicyclic) bond motifs is 1. The highest BCUT2D eigenvalue weighted by Gasteiger charge is 2.24. The minimum absolute atomic E-state index is 0.0230. The number of carbonyl (C=O) groups is 2. The highest BCUT2D eigenvalue weighted by atomic mass is 16.2. The van der Waals surface area contributed by atoms with Crippen LogP contribution < -0.4 is 5.32 Å². The van der Waals surface area contributed by atoms with E-state index in [0.717, 1.165) is 68.1 Å². The van der Waals surface area contributed by atoms with E-state index in [4.69, 9.17) is 0 Å². The van der Waals surface area contributed by atoms with E-state index in [9.17, 15) is 9.59 Å². The number of nitrogens with zero attached hydrogens (tertiary/aromatic N) is 2. The zero-order valence-electron chi connectivity index (χ0n) is 21.6.